The van der Waals surface area contributed by atoms with Gasteiger partial charge in [0.15, 0.2) is 5.96 Å². The van der Waals surface area contributed by atoms with Gasteiger partial charge in [-0.15, -0.1) is 0 Å². The molecule has 4 unspecified atom stereocenters. The number of carbonyl (C=O) groups excluding carboxylic acids is 2. The number of hydrogen-bond donors (Lipinski definition) is 7. The van der Waals surface area contributed by atoms with E-state index in [0.717, 1.165) is 25.3 Å². The van der Waals surface area contributed by atoms with E-state index in [0.29, 0.717) is 6.42 Å². The van der Waals surface area contributed by atoms with Gasteiger partial charge in [-0.25, -0.2) is 14.6 Å². The highest BCUT2D eigenvalue weighted by molar-refractivity contribution is 5.85. The Balaban J connectivity index is 0.00000270. The van der Waals surface area contributed by atoms with Crippen LogP contribution in [0.4, 0.5) is 13.2 Å². The molecule has 0 aromatic heterocycles. The molecule has 5 atom stereocenters. The Morgan fingerprint density at radius 1 is 0.936 bits per heavy atom. The summed E-state index contributed by atoms with van der Waals surface area (Å²) in [5.74, 6) is -6.18. The highest BCUT2D eigenvalue weighted by Gasteiger charge is 2.44. The van der Waals surface area contributed by atoms with E-state index in [9.17, 15) is 42.9 Å². The van der Waals surface area contributed by atoms with E-state index in [2.05, 4.69) is 17.2 Å². The Morgan fingerprint density at radius 3 is 1.81 bits per heavy atom. The third kappa shape index (κ3) is 20.3. The number of aliphatic carboxylic acids is 2. The normalized spacial score (nSPS) is 18.7. The van der Waals surface area contributed by atoms with Crippen LogP contribution in [0.1, 0.15) is 104 Å². The number of ether oxygens (including phenoxy) is 2. The largest absolute Gasteiger partial charge is 0.490 e. The summed E-state index contributed by atoms with van der Waals surface area (Å²) in [5.41, 5.74) is 10.9. The Morgan fingerprint density at radius 2 is 1.40 bits per heavy atom. The number of aliphatic hydroxyl groups is 2. The first kappa shape index (κ1) is 43.4. The van der Waals surface area contributed by atoms with Gasteiger partial charge in [0.05, 0.1) is 12.1 Å². The van der Waals surface area contributed by atoms with Gasteiger partial charge >= 0.3 is 24.1 Å². The van der Waals surface area contributed by atoms with Gasteiger partial charge in [-0.05, 0) is 12.5 Å². The lowest BCUT2D eigenvalue weighted by Gasteiger charge is -2.38. The Bertz CT molecular complexity index is 1020. The molecular weight excluding hydrogens is 633 g/mol. The van der Waals surface area contributed by atoms with Crippen molar-refractivity contribution in [1.29, 1.82) is 0 Å². The number of alkyl halides is 3. The number of nitrogens with two attached hydrogens (primary N) is 2. The van der Waals surface area contributed by atoms with Crippen LogP contribution in [-0.2, 0) is 28.7 Å². The number of esters is 1. The first-order chi connectivity index (χ1) is 22.0. The number of rotatable bonds is 21. The Kier molecular flexibility index (Phi) is 21.9. The number of carbonyl (C=O) groups is 4. The third-order valence-corrected chi connectivity index (χ3v) is 7.06. The molecular formula is C30H51F3N4O10. The van der Waals surface area contributed by atoms with Gasteiger partial charge in [0.1, 0.15) is 24.9 Å². The lowest BCUT2D eigenvalue weighted by Crippen LogP contribution is -2.60. The van der Waals surface area contributed by atoms with Crippen LogP contribution in [0.5, 0.6) is 0 Å². The zero-order chi connectivity index (χ0) is 36.0. The molecule has 1 rings (SSSR count). The number of aliphatic imine (C=N–C) groups is 1. The number of carboxylic acids is 2. The molecule has 272 valence electrons. The van der Waals surface area contributed by atoms with Crippen LogP contribution in [0.2, 0.25) is 0 Å². The second-order valence-electron chi connectivity index (χ2n) is 11.2. The van der Waals surface area contributed by atoms with Gasteiger partial charge in [0.25, 0.3) is 0 Å². The summed E-state index contributed by atoms with van der Waals surface area (Å²) in [6.45, 7) is 2.90. The van der Waals surface area contributed by atoms with Crippen molar-refractivity contribution in [1.82, 2.24) is 5.32 Å². The fourth-order valence-corrected chi connectivity index (χ4v) is 4.66. The summed E-state index contributed by atoms with van der Waals surface area (Å²) in [4.78, 5) is 48.2. The molecule has 0 saturated heterocycles. The molecule has 17 heteroatoms. The van der Waals surface area contributed by atoms with Gasteiger partial charge < -0.3 is 46.7 Å². The minimum Gasteiger partial charge on any atom is -0.478 e. The molecule has 0 aromatic rings. The molecule has 1 amide bonds. The van der Waals surface area contributed by atoms with E-state index in [4.69, 9.17) is 30.8 Å². The Labute approximate surface area is 272 Å². The number of unbranched alkanes of at least 4 members (excludes halogenated alkanes) is 12. The second kappa shape index (κ2) is 23.7. The van der Waals surface area contributed by atoms with Crippen molar-refractivity contribution in [3.8, 4) is 0 Å². The molecule has 1 aliphatic rings. The fraction of sp³-hybridized carbons (Fsp3) is 0.767. The third-order valence-electron chi connectivity index (χ3n) is 7.06. The van der Waals surface area contributed by atoms with Crippen LogP contribution < -0.4 is 16.8 Å². The summed E-state index contributed by atoms with van der Waals surface area (Å²) in [7, 11) is 0. The van der Waals surface area contributed by atoms with Crippen LogP contribution in [0.25, 0.3) is 0 Å². The molecule has 1 aliphatic heterocycles. The van der Waals surface area contributed by atoms with Gasteiger partial charge in [-0.3, -0.25) is 9.59 Å². The molecule has 9 N–H and O–H groups in total. The van der Waals surface area contributed by atoms with Crippen molar-refractivity contribution in [3.63, 3.8) is 0 Å². The number of guanidine groups is 1. The lowest BCUT2D eigenvalue weighted by molar-refractivity contribution is -0.192. The van der Waals surface area contributed by atoms with E-state index in [-0.39, 0.29) is 12.4 Å². The standard InChI is InChI=1S/C28H50N4O8.C2HF3O2/c1-3-4-5-6-7-8-9-10-11-12-13-14-15-16-23(35)39-18-21(34)25(36)26-24(31-19(2)33)20(32-28(29)30)17-22(40-26)27(37)38;3-2(4,5)1(6)7/h17,20-21,24-26,34,36H,3-16,18H2,1-2H3,(H,31,33)(H,37,38)(H4,29,30,32);(H,6,7)/t20?,21?,24?,25?,26-;/m1./s1. The number of nitrogens with one attached hydrogen (secondary N) is 1. The predicted molar refractivity (Wildman–Crippen MR) is 165 cm³/mol. The van der Waals surface area contributed by atoms with Crippen LogP contribution in [-0.4, -0.2) is 93.4 Å². The zero-order valence-corrected chi connectivity index (χ0v) is 27.0. The van der Waals surface area contributed by atoms with Crippen molar-refractivity contribution in [2.45, 2.75) is 140 Å². The average molecular weight is 685 g/mol. The van der Waals surface area contributed by atoms with Gasteiger partial charge in [-0.2, -0.15) is 13.2 Å². The van der Waals surface area contributed by atoms with E-state index >= 15 is 0 Å². The van der Waals surface area contributed by atoms with Gasteiger partial charge in [0.2, 0.25) is 11.7 Å². The molecule has 1 heterocycles. The average Bonchev–Trinajstić information content (AvgIpc) is 2.97. The maximum Gasteiger partial charge on any atom is 0.490 e. The summed E-state index contributed by atoms with van der Waals surface area (Å²) >= 11 is 0. The van der Waals surface area contributed by atoms with E-state index in [1.807, 2.05) is 0 Å². The number of amides is 1. The molecule has 0 saturated carbocycles. The number of nitrogens with zero attached hydrogens (tertiary/aromatic N) is 1. The van der Waals surface area contributed by atoms with Crippen LogP contribution in [0, 0.1) is 0 Å². The monoisotopic (exact) mass is 684 g/mol. The Hall–Kier alpha value is -3.60. The molecule has 47 heavy (non-hydrogen) atoms. The summed E-state index contributed by atoms with van der Waals surface area (Å²) in [5, 5.41) is 40.2. The topological polar surface area (TPSA) is 244 Å². The predicted octanol–water partition coefficient (Wildman–Crippen LogP) is 2.88. The van der Waals surface area contributed by atoms with E-state index in [1.165, 1.54) is 64.7 Å². The number of carboxylic acid groups (broad SMARTS) is 2. The highest BCUT2D eigenvalue weighted by Crippen LogP contribution is 2.25. The molecule has 0 aliphatic carbocycles. The zero-order valence-electron chi connectivity index (χ0n) is 27.0. The number of aliphatic hydroxyl groups excluding tert-OH is 2. The maximum atomic E-state index is 12.1. The molecule has 0 fully saturated rings. The highest BCUT2D eigenvalue weighted by atomic mass is 19.4. The molecule has 14 nitrogen and oxygen atoms in total. The van der Waals surface area contributed by atoms with E-state index < -0.39 is 72.8 Å². The maximum absolute atomic E-state index is 12.1. The van der Waals surface area contributed by atoms with Crippen molar-refractivity contribution in [3.05, 3.63) is 11.8 Å². The van der Waals surface area contributed by atoms with Gasteiger partial charge in [0, 0.05) is 13.3 Å². The minimum absolute atomic E-state index is 0.188. The first-order valence-corrected chi connectivity index (χ1v) is 15.8. The molecule has 0 bridgehead atoms. The van der Waals surface area contributed by atoms with Crippen molar-refractivity contribution >= 4 is 29.8 Å². The smallest absolute Gasteiger partial charge is 0.478 e. The quantitative estimate of drug-likeness (QED) is 0.0399. The first-order valence-electron chi connectivity index (χ1n) is 15.8. The summed E-state index contributed by atoms with van der Waals surface area (Å²) in [6, 6.07) is -2.19. The lowest BCUT2D eigenvalue weighted by atomic mass is 9.92. The van der Waals surface area contributed by atoms with Crippen molar-refractivity contribution < 1.29 is 62.2 Å². The van der Waals surface area contributed by atoms with Crippen molar-refractivity contribution in [2.24, 2.45) is 16.5 Å². The van der Waals surface area contributed by atoms with Gasteiger partial charge in [-0.1, -0.05) is 84.0 Å². The molecule has 0 radical (unpaired) electrons. The molecule has 0 spiro atoms. The van der Waals surface area contributed by atoms with Crippen LogP contribution in [0.3, 0.4) is 0 Å². The second-order valence-corrected chi connectivity index (χ2v) is 11.2. The summed E-state index contributed by atoms with van der Waals surface area (Å²) < 4.78 is 42.2. The van der Waals surface area contributed by atoms with Crippen LogP contribution >= 0.6 is 0 Å². The fourth-order valence-electron chi connectivity index (χ4n) is 4.66. The number of hydrogen-bond acceptors (Lipinski definition) is 9. The minimum atomic E-state index is -5.08. The number of halogens is 3. The summed E-state index contributed by atoms with van der Waals surface area (Å²) in [6.07, 6.45) is 6.83. The van der Waals surface area contributed by atoms with Crippen molar-refractivity contribution in [2.75, 3.05) is 6.61 Å². The SMILES string of the molecule is CCCCCCCCCCCCCCCC(=O)OCC(O)C(O)[C@@H]1OC(C(=O)O)=CC(N=C(N)N)C1NC(C)=O.O=C(O)C(F)(F)F. The van der Waals surface area contributed by atoms with Crippen LogP contribution in [0.15, 0.2) is 16.8 Å². The van der Waals surface area contributed by atoms with E-state index in [1.54, 1.807) is 0 Å². The molecule has 0 aromatic carbocycles.